The molecule has 0 unspecified atom stereocenters. The molecule has 15 heavy (non-hydrogen) atoms. The first-order valence-corrected chi connectivity index (χ1v) is 4.75. The Kier molecular flexibility index (Phi) is 4.32. The fourth-order valence-corrected chi connectivity index (χ4v) is 1.29. The van der Waals surface area contributed by atoms with Gasteiger partial charge >= 0.3 is 12.0 Å². The molecular weight excluding hydrogens is 202 g/mol. The first-order chi connectivity index (χ1) is 7.15. The maximum atomic E-state index is 11.5. The van der Waals surface area contributed by atoms with Gasteiger partial charge in [-0.2, -0.15) is 0 Å². The maximum absolute atomic E-state index is 11.5. The van der Waals surface area contributed by atoms with E-state index in [0.29, 0.717) is 26.2 Å². The molecule has 0 aromatic rings. The molecule has 7 heteroatoms. The highest BCUT2D eigenvalue weighted by molar-refractivity contribution is 5.82. The van der Waals surface area contributed by atoms with Crippen LogP contribution in [0.4, 0.5) is 4.79 Å². The number of carbonyl (C=O) groups excluding carboxylic acids is 1. The summed E-state index contributed by atoms with van der Waals surface area (Å²) < 4.78 is 0. The molecule has 0 spiro atoms. The second kappa shape index (κ2) is 5.52. The van der Waals surface area contributed by atoms with E-state index in [9.17, 15) is 9.59 Å². The number of hydrogen-bond acceptors (Lipinski definition) is 4. The number of piperazine rings is 1. The van der Waals surface area contributed by atoms with Crippen molar-refractivity contribution in [3.8, 4) is 0 Å². The Bertz CT molecular complexity index is 240. The number of carboxylic acid groups (broad SMARTS) is 1. The number of hydrogen-bond donors (Lipinski definition) is 4. The van der Waals surface area contributed by atoms with Gasteiger partial charge in [-0.15, -0.1) is 0 Å². The third-order valence-electron chi connectivity index (χ3n) is 2.18. The average Bonchev–Trinajstić information content (AvgIpc) is 2.26. The summed E-state index contributed by atoms with van der Waals surface area (Å²) in [5.41, 5.74) is 0. The Labute approximate surface area is 87.1 Å². The van der Waals surface area contributed by atoms with Gasteiger partial charge in [0.05, 0.1) is 6.61 Å². The van der Waals surface area contributed by atoms with Gasteiger partial charge in [-0.05, 0) is 0 Å². The molecule has 0 aliphatic carbocycles. The SMILES string of the molecule is O=C(O)[C@H](CO)NC(=O)N1CCNCC1. The molecule has 86 valence electrons. The second-order valence-electron chi connectivity index (χ2n) is 3.26. The summed E-state index contributed by atoms with van der Waals surface area (Å²) in [4.78, 5) is 23.5. The molecule has 0 aromatic carbocycles. The highest BCUT2D eigenvalue weighted by Crippen LogP contribution is 1.94. The van der Waals surface area contributed by atoms with Gasteiger partial charge in [0.2, 0.25) is 0 Å². The maximum Gasteiger partial charge on any atom is 0.328 e. The normalized spacial score (nSPS) is 18.3. The summed E-state index contributed by atoms with van der Waals surface area (Å²) in [6.07, 6.45) is 0. The van der Waals surface area contributed by atoms with Gasteiger partial charge < -0.3 is 25.7 Å². The molecule has 0 bridgehead atoms. The third-order valence-corrected chi connectivity index (χ3v) is 2.18. The number of aliphatic hydroxyl groups is 1. The monoisotopic (exact) mass is 217 g/mol. The predicted molar refractivity (Wildman–Crippen MR) is 51.5 cm³/mol. The minimum absolute atomic E-state index is 0.446. The third kappa shape index (κ3) is 3.37. The van der Waals surface area contributed by atoms with Gasteiger partial charge in [0.15, 0.2) is 6.04 Å². The molecule has 7 nitrogen and oxygen atoms in total. The molecule has 4 N–H and O–H groups in total. The van der Waals surface area contributed by atoms with Crippen molar-refractivity contribution in [2.45, 2.75) is 6.04 Å². The van der Waals surface area contributed by atoms with Crippen LogP contribution in [0.2, 0.25) is 0 Å². The summed E-state index contributed by atoms with van der Waals surface area (Å²) in [6, 6.07) is -1.68. The van der Waals surface area contributed by atoms with Gasteiger partial charge in [-0.1, -0.05) is 0 Å². The van der Waals surface area contributed by atoms with Crippen molar-refractivity contribution in [3.63, 3.8) is 0 Å². The molecule has 1 fully saturated rings. The lowest BCUT2D eigenvalue weighted by Crippen LogP contribution is -2.54. The van der Waals surface area contributed by atoms with Crippen LogP contribution in [0.1, 0.15) is 0 Å². The summed E-state index contributed by atoms with van der Waals surface area (Å²) in [5, 5.41) is 22.6. The molecule has 1 heterocycles. The van der Waals surface area contributed by atoms with Gasteiger partial charge in [-0.25, -0.2) is 9.59 Å². The van der Waals surface area contributed by atoms with Crippen LogP contribution >= 0.6 is 0 Å². The predicted octanol–water partition coefficient (Wildman–Crippen LogP) is -1.95. The molecule has 0 saturated carbocycles. The van der Waals surface area contributed by atoms with E-state index in [1.807, 2.05) is 0 Å². The number of aliphatic hydroxyl groups excluding tert-OH is 1. The van der Waals surface area contributed by atoms with Crippen molar-refractivity contribution < 1.29 is 19.8 Å². The number of rotatable bonds is 3. The van der Waals surface area contributed by atoms with Crippen LogP contribution in [0.5, 0.6) is 0 Å². The molecular formula is C8H15N3O4. The van der Waals surface area contributed by atoms with Crippen molar-refractivity contribution >= 4 is 12.0 Å². The Morgan fingerprint density at radius 2 is 2.00 bits per heavy atom. The Hall–Kier alpha value is -1.34. The number of carbonyl (C=O) groups is 2. The topological polar surface area (TPSA) is 102 Å². The van der Waals surface area contributed by atoms with Crippen molar-refractivity contribution in [2.75, 3.05) is 32.8 Å². The summed E-state index contributed by atoms with van der Waals surface area (Å²) >= 11 is 0. The zero-order valence-corrected chi connectivity index (χ0v) is 8.27. The van der Waals surface area contributed by atoms with E-state index < -0.39 is 24.6 Å². The van der Waals surface area contributed by atoms with E-state index in [1.165, 1.54) is 4.90 Å². The molecule has 1 rings (SSSR count). The first kappa shape index (κ1) is 11.7. The molecule has 1 saturated heterocycles. The average molecular weight is 217 g/mol. The van der Waals surface area contributed by atoms with E-state index >= 15 is 0 Å². The summed E-state index contributed by atoms with van der Waals surface area (Å²) in [6.45, 7) is 1.88. The molecule has 1 aliphatic rings. The van der Waals surface area contributed by atoms with Crippen LogP contribution in [-0.2, 0) is 4.79 Å². The molecule has 1 aliphatic heterocycles. The number of nitrogens with zero attached hydrogens (tertiary/aromatic N) is 1. The van der Waals surface area contributed by atoms with Crippen LogP contribution in [0.3, 0.4) is 0 Å². The number of aliphatic carboxylic acids is 1. The van der Waals surface area contributed by atoms with Crippen molar-refractivity contribution in [3.05, 3.63) is 0 Å². The largest absolute Gasteiger partial charge is 0.480 e. The minimum atomic E-state index is -1.24. The van der Waals surface area contributed by atoms with Gasteiger partial charge in [0.25, 0.3) is 0 Å². The van der Waals surface area contributed by atoms with Gasteiger partial charge in [-0.3, -0.25) is 0 Å². The summed E-state index contributed by atoms with van der Waals surface area (Å²) in [7, 11) is 0. The van der Waals surface area contributed by atoms with E-state index in [-0.39, 0.29) is 0 Å². The van der Waals surface area contributed by atoms with Crippen molar-refractivity contribution in [1.82, 2.24) is 15.5 Å². The lowest BCUT2D eigenvalue weighted by atomic mass is 10.3. The fraction of sp³-hybridized carbons (Fsp3) is 0.750. The standard InChI is InChI=1S/C8H15N3O4/c12-5-6(7(13)14)10-8(15)11-3-1-9-2-4-11/h6,9,12H,1-5H2,(H,10,15)(H,13,14)/t6-/m0/s1. The Morgan fingerprint density at radius 3 is 2.47 bits per heavy atom. The Balaban J connectivity index is 2.42. The highest BCUT2D eigenvalue weighted by atomic mass is 16.4. The lowest BCUT2D eigenvalue weighted by Gasteiger charge is -2.28. The van der Waals surface area contributed by atoms with Crippen molar-refractivity contribution in [1.29, 1.82) is 0 Å². The number of carboxylic acids is 1. The minimum Gasteiger partial charge on any atom is -0.480 e. The summed E-state index contributed by atoms with van der Waals surface area (Å²) in [5.74, 6) is -1.24. The van der Waals surface area contributed by atoms with Crippen LogP contribution in [0, 0.1) is 0 Å². The lowest BCUT2D eigenvalue weighted by molar-refractivity contribution is -0.140. The van der Waals surface area contributed by atoms with Crippen LogP contribution < -0.4 is 10.6 Å². The molecule has 0 radical (unpaired) electrons. The quantitative estimate of drug-likeness (QED) is 0.440. The Morgan fingerprint density at radius 1 is 1.40 bits per heavy atom. The number of nitrogens with one attached hydrogen (secondary N) is 2. The van der Waals surface area contributed by atoms with Crippen LogP contribution in [0.15, 0.2) is 0 Å². The number of amides is 2. The molecule has 0 aromatic heterocycles. The van der Waals surface area contributed by atoms with Gasteiger partial charge in [0.1, 0.15) is 0 Å². The van der Waals surface area contributed by atoms with E-state index in [2.05, 4.69) is 10.6 Å². The second-order valence-corrected chi connectivity index (χ2v) is 3.26. The molecule has 1 atom stereocenters. The highest BCUT2D eigenvalue weighted by Gasteiger charge is 2.22. The fourth-order valence-electron chi connectivity index (χ4n) is 1.29. The molecule has 2 amide bonds. The zero-order valence-electron chi connectivity index (χ0n) is 8.27. The zero-order chi connectivity index (χ0) is 11.3. The van der Waals surface area contributed by atoms with Crippen LogP contribution in [-0.4, -0.2) is 65.9 Å². The van der Waals surface area contributed by atoms with Crippen molar-refractivity contribution in [2.24, 2.45) is 0 Å². The van der Waals surface area contributed by atoms with E-state index in [1.54, 1.807) is 0 Å². The van der Waals surface area contributed by atoms with Crippen LogP contribution in [0.25, 0.3) is 0 Å². The van der Waals surface area contributed by atoms with Gasteiger partial charge in [0, 0.05) is 26.2 Å². The smallest absolute Gasteiger partial charge is 0.328 e. The first-order valence-electron chi connectivity index (χ1n) is 4.75. The van der Waals surface area contributed by atoms with E-state index in [4.69, 9.17) is 10.2 Å². The number of urea groups is 1. The van der Waals surface area contributed by atoms with E-state index in [0.717, 1.165) is 0 Å².